The lowest BCUT2D eigenvalue weighted by Crippen LogP contribution is -2.31. The van der Waals surface area contributed by atoms with E-state index >= 15 is 0 Å². The Morgan fingerprint density at radius 3 is 2.65 bits per heavy atom. The lowest BCUT2D eigenvalue weighted by molar-refractivity contribution is 0.0957. The number of benzene rings is 1. The van der Waals surface area contributed by atoms with Crippen molar-refractivity contribution in [1.29, 1.82) is 0 Å². The Morgan fingerprint density at radius 1 is 1.41 bits per heavy atom. The minimum Gasteiger partial charge on any atom is -0.398 e. The molecule has 17 heavy (non-hydrogen) atoms. The summed E-state index contributed by atoms with van der Waals surface area (Å²) in [6.45, 7) is 1.75. The largest absolute Gasteiger partial charge is 0.398 e. The maximum atomic E-state index is 11.7. The van der Waals surface area contributed by atoms with E-state index in [2.05, 4.69) is 5.32 Å². The zero-order valence-corrected chi connectivity index (χ0v) is 10.3. The Labute approximate surface area is 100 Å². The molecular formula is C10H15N3O3S. The molecule has 0 saturated heterocycles. The molecule has 94 valence electrons. The van der Waals surface area contributed by atoms with Gasteiger partial charge in [-0.1, -0.05) is 12.1 Å². The lowest BCUT2D eigenvalue weighted by Gasteiger charge is -2.08. The average molecular weight is 257 g/mol. The number of nitrogen functional groups attached to an aromatic ring is 1. The molecule has 0 radical (unpaired) electrons. The van der Waals surface area contributed by atoms with Crippen molar-refractivity contribution >= 4 is 21.6 Å². The van der Waals surface area contributed by atoms with E-state index in [1.54, 1.807) is 25.1 Å². The van der Waals surface area contributed by atoms with Crippen molar-refractivity contribution in [2.45, 2.75) is 6.92 Å². The first-order valence-electron chi connectivity index (χ1n) is 4.95. The van der Waals surface area contributed by atoms with E-state index in [0.29, 0.717) is 11.3 Å². The number of amides is 1. The van der Waals surface area contributed by atoms with Crippen LogP contribution in [-0.2, 0) is 10.0 Å². The zero-order chi connectivity index (χ0) is 13.1. The minimum atomic E-state index is -3.57. The van der Waals surface area contributed by atoms with E-state index < -0.39 is 15.9 Å². The van der Waals surface area contributed by atoms with Crippen molar-refractivity contribution in [1.82, 2.24) is 5.32 Å². The number of hydrogen-bond donors (Lipinski definition) is 3. The topological polar surface area (TPSA) is 115 Å². The molecule has 1 rings (SSSR count). The maximum Gasteiger partial charge on any atom is 0.253 e. The summed E-state index contributed by atoms with van der Waals surface area (Å²) < 4.78 is 21.3. The highest BCUT2D eigenvalue weighted by Crippen LogP contribution is 2.15. The Bertz CT molecular complexity index is 526. The number of rotatable bonds is 4. The van der Waals surface area contributed by atoms with Gasteiger partial charge < -0.3 is 11.1 Å². The van der Waals surface area contributed by atoms with Gasteiger partial charge in [0.05, 0.1) is 11.3 Å². The number of anilines is 1. The van der Waals surface area contributed by atoms with Crippen molar-refractivity contribution in [2.24, 2.45) is 5.14 Å². The number of carbonyl (C=O) groups excluding carboxylic acids is 1. The van der Waals surface area contributed by atoms with E-state index in [0.717, 1.165) is 5.56 Å². The third-order valence-corrected chi connectivity index (χ3v) is 3.01. The predicted octanol–water partition coefficient (Wildman–Crippen LogP) is -0.404. The maximum absolute atomic E-state index is 11.7. The molecule has 0 fully saturated rings. The van der Waals surface area contributed by atoms with Crippen molar-refractivity contribution in [3.8, 4) is 0 Å². The Balaban J connectivity index is 2.68. The van der Waals surface area contributed by atoms with Crippen LogP contribution in [0, 0.1) is 6.92 Å². The first-order chi connectivity index (χ1) is 7.81. The number of para-hydroxylation sites is 1. The molecule has 0 aromatic heterocycles. The summed E-state index contributed by atoms with van der Waals surface area (Å²) in [6.07, 6.45) is 0. The average Bonchev–Trinajstić information content (AvgIpc) is 2.20. The highest BCUT2D eigenvalue weighted by Gasteiger charge is 2.11. The Kier molecular flexibility index (Phi) is 4.08. The number of primary sulfonamides is 1. The van der Waals surface area contributed by atoms with Crippen molar-refractivity contribution in [3.05, 3.63) is 29.3 Å². The standard InChI is InChI=1S/C10H15N3O3S/c1-7-3-2-4-8(9(7)11)10(14)13-5-6-17(12,15)16/h2-4H,5-6,11H2,1H3,(H,13,14)(H2,12,15,16). The van der Waals surface area contributed by atoms with Gasteiger partial charge in [0, 0.05) is 12.2 Å². The molecule has 0 bridgehead atoms. The summed E-state index contributed by atoms with van der Waals surface area (Å²) in [5.41, 5.74) is 7.25. The molecule has 0 aliphatic heterocycles. The molecule has 7 heteroatoms. The second-order valence-electron chi connectivity index (χ2n) is 3.66. The summed E-state index contributed by atoms with van der Waals surface area (Å²) in [5, 5.41) is 7.26. The highest BCUT2D eigenvalue weighted by molar-refractivity contribution is 7.89. The first-order valence-corrected chi connectivity index (χ1v) is 6.66. The highest BCUT2D eigenvalue weighted by atomic mass is 32.2. The van der Waals surface area contributed by atoms with Gasteiger partial charge >= 0.3 is 0 Å². The molecule has 0 spiro atoms. The summed E-state index contributed by atoms with van der Waals surface area (Å²) >= 11 is 0. The first kappa shape index (κ1) is 13.5. The Hall–Kier alpha value is -1.60. The van der Waals surface area contributed by atoms with Gasteiger partial charge in [-0.3, -0.25) is 4.79 Å². The molecule has 5 N–H and O–H groups in total. The number of carbonyl (C=O) groups is 1. The van der Waals surface area contributed by atoms with Gasteiger partial charge in [0.25, 0.3) is 5.91 Å². The number of nitrogens with two attached hydrogens (primary N) is 2. The van der Waals surface area contributed by atoms with Gasteiger partial charge in [-0.2, -0.15) is 0 Å². The predicted molar refractivity (Wildman–Crippen MR) is 65.9 cm³/mol. The van der Waals surface area contributed by atoms with Crippen LogP contribution in [0.4, 0.5) is 5.69 Å². The lowest BCUT2D eigenvalue weighted by atomic mass is 10.1. The molecule has 0 saturated carbocycles. The van der Waals surface area contributed by atoms with Crippen LogP contribution in [0.15, 0.2) is 18.2 Å². The minimum absolute atomic E-state index is 0.0367. The van der Waals surface area contributed by atoms with Gasteiger partial charge in [0.15, 0.2) is 0 Å². The molecule has 0 aliphatic rings. The van der Waals surface area contributed by atoms with E-state index in [4.69, 9.17) is 10.9 Å². The van der Waals surface area contributed by atoms with Crippen LogP contribution >= 0.6 is 0 Å². The SMILES string of the molecule is Cc1cccc(C(=O)NCCS(N)(=O)=O)c1N. The zero-order valence-electron chi connectivity index (χ0n) is 9.43. The van der Waals surface area contributed by atoms with Crippen molar-refractivity contribution < 1.29 is 13.2 Å². The second-order valence-corrected chi connectivity index (χ2v) is 5.39. The fraction of sp³-hybridized carbons (Fsp3) is 0.300. The van der Waals surface area contributed by atoms with Crippen LogP contribution in [0.1, 0.15) is 15.9 Å². The van der Waals surface area contributed by atoms with Gasteiger partial charge in [-0.15, -0.1) is 0 Å². The molecule has 1 amide bonds. The monoisotopic (exact) mass is 257 g/mol. The third kappa shape index (κ3) is 4.04. The van der Waals surface area contributed by atoms with Gasteiger partial charge in [0.1, 0.15) is 0 Å². The summed E-state index contributed by atoms with van der Waals surface area (Å²) in [4.78, 5) is 11.7. The van der Waals surface area contributed by atoms with Crippen molar-refractivity contribution in [3.63, 3.8) is 0 Å². The Morgan fingerprint density at radius 2 is 2.06 bits per heavy atom. The normalized spacial score (nSPS) is 11.2. The molecule has 6 nitrogen and oxygen atoms in total. The van der Waals surface area contributed by atoms with E-state index in [1.807, 2.05) is 0 Å². The van der Waals surface area contributed by atoms with Crippen LogP contribution in [-0.4, -0.2) is 26.6 Å². The summed E-state index contributed by atoms with van der Waals surface area (Å²) in [6, 6.07) is 5.07. The fourth-order valence-electron chi connectivity index (χ4n) is 1.28. The summed E-state index contributed by atoms with van der Waals surface area (Å²) in [5.74, 6) is -0.709. The van der Waals surface area contributed by atoms with Crippen LogP contribution in [0.5, 0.6) is 0 Å². The molecule has 1 aromatic rings. The molecular weight excluding hydrogens is 242 g/mol. The van der Waals surface area contributed by atoms with Crippen molar-refractivity contribution in [2.75, 3.05) is 18.0 Å². The number of aryl methyl sites for hydroxylation is 1. The number of nitrogens with one attached hydrogen (secondary N) is 1. The third-order valence-electron chi connectivity index (χ3n) is 2.24. The van der Waals surface area contributed by atoms with Gasteiger partial charge in [0.2, 0.25) is 10.0 Å². The molecule has 0 aliphatic carbocycles. The smallest absolute Gasteiger partial charge is 0.253 e. The molecule has 0 atom stereocenters. The number of hydrogen-bond acceptors (Lipinski definition) is 4. The fourth-order valence-corrected chi connectivity index (χ4v) is 1.67. The van der Waals surface area contributed by atoms with Gasteiger partial charge in [-0.05, 0) is 18.6 Å². The van der Waals surface area contributed by atoms with Crippen LogP contribution in [0.25, 0.3) is 0 Å². The van der Waals surface area contributed by atoms with Gasteiger partial charge in [-0.25, -0.2) is 13.6 Å². The number of sulfonamides is 1. The van der Waals surface area contributed by atoms with Crippen LogP contribution < -0.4 is 16.2 Å². The molecule has 0 unspecified atom stereocenters. The molecule has 0 heterocycles. The quantitative estimate of drug-likeness (QED) is 0.636. The van der Waals surface area contributed by atoms with E-state index in [-0.39, 0.29) is 12.3 Å². The van der Waals surface area contributed by atoms with Crippen LogP contribution in [0.3, 0.4) is 0 Å². The van der Waals surface area contributed by atoms with Crippen LogP contribution in [0.2, 0.25) is 0 Å². The van der Waals surface area contributed by atoms with E-state index in [1.165, 1.54) is 0 Å². The van der Waals surface area contributed by atoms with E-state index in [9.17, 15) is 13.2 Å². The molecule has 1 aromatic carbocycles. The summed E-state index contributed by atoms with van der Waals surface area (Å²) in [7, 11) is -3.57. The second kappa shape index (κ2) is 5.15.